The van der Waals surface area contributed by atoms with Gasteiger partial charge in [0.1, 0.15) is 5.82 Å². The Kier molecular flexibility index (Phi) is 5.92. The van der Waals surface area contributed by atoms with Crippen LogP contribution in [0.3, 0.4) is 0 Å². The molecule has 0 saturated carbocycles. The van der Waals surface area contributed by atoms with Gasteiger partial charge in [-0.2, -0.15) is 0 Å². The zero-order valence-electron chi connectivity index (χ0n) is 10.6. The number of nitrogens with one attached hydrogen (secondary N) is 2. The third kappa shape index (κ3) is 4.92. The van der Waals surface area contributed by atoms with Gasteiger partial charge in [0.2, 0.25) is 5.91 Å². The van der Waals surface area contributed by atoms with E-state index in [2.05, 4.69) is 17.6 Å². The normalized spacial score (nSPS) is 12.0. The summed E-state index contributed by atoms with van der Waals surface area (Å²) in [5.74, 6) is -0.497. The molecule has 0 bridgehead atoms. The van der Waals surface area contributed by atoms with Gasteiger partial charge in [-0.25, -0.2) is 4.39 Å². The van der Waals surface area contributed by atoms with E-state index in [9.17, 15) is 9.18 Å². The fraction of sp³-hybridized carbons (Fsp3) is 0.462. The Labute approximate surface area is 112 Å². The van der Waals surface area contributed by atoms with Crippen LogP contribution in [0.25, 0.3) is 0 Å². The first-order chi connectivity index (χ1) is 8.52. The summed E-state index contributed by atoms with van der Waals surface area (Å²) in [6, 6.07) is 4.18. The predicted molar refractivity (Wildman–Crippen MR) is 72.4 cm³/mol. The van der Waals surface area contributed by atoms with Gasteiger partial charge >= 0.3 is 0 Å². The van der Waals surface area contributed by atoms with Gasteiger partial charge in [0, 0.05) is 6.04 Å². The van der Waals surface area contributed by atoms with Crippen LogP contribution in [-0.2, 0) is 4.79 Å². The van der Waals surface area contributed by atoms with Crippen LogP contribution in [0.2, 0.25) is 5.02 Å². The minimum atomic E-state index is -0.397. The quantitative estimate of drug-likeness (QED) is 0.835. The Balaban J connectivity index is 2.42. The van der Waals surface area contributed by atoms with Crippen molar-refractivity contribution in [2.45, 2.75) is 32.7 Å². The topological polar surface area (TPSA) is 41.1 Å². The molecule has 0 aromatic heterocycles. The Morgan fingerprint density at radius 1 is 1.50 bits per heavy atom. The number of hydrogen-bond acceptors (Lipinski definition) is 2. The highest BCUT2D eigenvalue weighted by molar-refractivity contribution is 6.33. The van der Waals surface area contributed by atoms with Crippen LogP contribution < -0.4 is 10.6 Å². The second kappa shape index (κ2) is 7.21. The molecule has 1 aromatic rings. The number of halogens is 2. The number of anilines is 1. The lowest BCUT2D eigenvalue weighted by Crippen LogP contribution is -2.36. The van der Waals surface area contributed by atoms with Crippen LogP contribution in [0.1, 0.15) is 26.7 Å². The summed E-state index contributed by atoms with van der Waals surface area (Å²) in [7, 11) is 0. The van der Waals surface area contributed by atoms with E-state index in [-0.39, 0.29) is 23.5 Å². The molecule has 1 unspecified atom stereocenters. The molecule has 0 aliphatic carbocycles. The average molecular weight is 273 g/mol. The monoisotopic (exact) mass is 272 g/mol. The van der Waals surface area contributed by atoms with Gasteiger partial charge in [0.05, 0.1) is 17.3 Å². The van der Waals surface area contributed by atoms with Crippen molar-refractivity contribution in [3.05, 3.63) is 29.0 Å². The van der Waals surface area contributed by atoms with E-state index in [1.807, 2.05) is 6.92 Å². The van der Waals surface area contributed by atoms with Gasteiger partial charge in [0.15, 0.2) is 0 Å². The molecule has 0 aliphatic heterocycles. The van der Waals surface area contributed by atoms with E-state index in [0.717, 1.165) is 12.8 Å². The second-order valence-electron chi connectivity index (χ2n) is 4.23. The van der Waals surface area contributed by atoms with E-state index in [0.29, 0.717) is 5.69 Å². The van der Waals surface area contributed by atoms with Crippen LogP contribution in [-0.4, -0.2) is 18.5 Å². The van der Waals surface area contributed by atoms with Gasteiger partial charge in [-0.3, -0.25) is 4.79 Å². The molecular weight excluding hydrogens is 255 g/mol. The standard InChI is InChI=1S/C13H18ClFN2O/c1-3-4-9(2)17-13(18)8-16-12-6-5-10(15)7-11(12)14/h5-7,9,16H,3-4,8H2,1-2H3,(H,17,18). The van der Waals surface area contributed by atoms with E-state index in [1.165, 1.54) is 18.2 Å². The number of carbonyl (C=O) groups excluding carboxylic acids is 1. The summed E-state index contributed by atoms with van der Waals surface area (Å²) < 4.78 is 12.8. The minimum Gasteiger partial charge on any atom is -0.375 e. The van der Waals surface area contributed by atoms with Crippen LogP contribution in [0.5, 0.6) is 0 Å². The molecule has 100 valence electrons. The number of rotatable bonds is 6. The molecule has 5 heteroatoms. The van der Waals surface area contributed by atoms with Gasteiger partial charge < -0.3 is 10.6 Å². The number of carbonyl (C=O) groups is 1. The largest absolute Gasteiger partial charge is 0.375 e. The van der Waals surface area contributed by atoms with E-state index >= 15 is 0 Å². The lowest BCUT2D eigenvalue weighted by Gasteiger charge is -2.14. The first kappa shape index (κ1) is 14.8. The van der Waals surface area contributed by atoms with E-state index in [1.54, 1.807) is 0 Å². The van der Waals surface area contributed by atoms with Crippen LogP contribution in [0, 0.1) is 5.82 Å². The smallest absolute Gasteiger partial charge is 0.239 e. The third-order valence-corrected chi connectivity index (χ3v) is 2.81. The molecule has 0 heterocycles. The Bertz CT molecular complexity index is 412. The van der Waals surface area contributed by atoms with Crippen LogP contribution in [0.15, 0.2) is 18.2 Å². The van der Waals surface area contributed by atoms with Crippen molar-refractivity contribution in [3.8, 4) is 0 Å². The molecule has 1 aromatic carbocycles. The van der Waals surface area contributed by atoms with Crippen LogP contribution in [0.4, 0.5) is 10.1 Å². The highest BCUT2D eigenvalue weighted by Gasteiger charge is 2.07. The Morgan fingerprint density at radius 3 is 2.83 bits per heavy atom. The van der Waals surface area contributed by atoms with Gasteiger partial charge in [-0.1, -0.05) is 24.9 Å². The molecule has 0 radical (unpaired) electrons. The molecule has 0 aliphatic rings. The Hall–Kier alpha value is -1.29. The maximum atomic E-state index is 12.8. The van der Waals surface area contributed by atoms with Crippen molar-refractivity contribution in [1.82, 2.24) is 5.32 Å². The van der Waals surface area contributed by atoms with Crippen molar-refractivity contribution < 1.29 is 9.18 Å². The third-order valence-electron chi connectivity index (χ3n) is 2.50. The molecular formula is C13H18ClFN2O. The summed E-state index contributed by atoms with van der Waals surface area (Å²) >= 11 is 5.83. The van der Waals surface area contributed by atoms with Gasteiger partial charge in [-0.15, -0.1) is 0 Å². The molecule has 0 saturated heterocycles. The second-order valence-corrected chi connectivity index (χ2v) is 4.64. The summed E-state index contributed by atoms with van der Waals surface area (Å²) in [6.07, 6.45) is 1.97. The highest BCUT2D eigenvalue weighted by Crippen LogP contribution is 2.21. The summed E-state index contributed by atoms with van der Waals surface area (Å²) in [4.78, 5) is 11.6. The van der Waals surface area contributed by atoms with Gasteiger partial charge in [0.25, 0.3) is 0 Å². The van der Waals surface area contributed by atoms with Crippen molar-refractivity contribution >= 4 is 23.2 Å². The number of hydrogen-bond donors (Lipinski definition) is 2. The molecule has 18 heavy (non-hydrogen) atoms. The van der Waals surface area contributed by atoms with Crippen LogP contribution >= 0.6 is 11.6 Å². The average Bonchev–Trinajstić information content (AvgIpc) is 2.28. The summed E-state index contributed by atoms with van der Waals surface area (Å²) in [5, 5.41) is 6.01. The molecule has 1 rings (SSSR count). The van der Waals surface area contributed by atoms with E-state index < -0.39 is 5.82 Å². The predicted octanol–water partition coefficient (Wildman–Crippen LogP) is 3.20. The van der Waals surface area contributed by atoms with Crippen molar-refractivity contribution in [1.29, 1.82) is 0 Å². The zero-order valence-corrected chi connectivity index (χ0v) is 11.4. The SMILES string of the molecule is CCCC(C)NC(=O)CNc1ccc(F)cc1Cl. The summed E-state index contributed by atoms with van der Waals surface area (Å²) in [5.41, 5.74) is 0.552. The van der Waals surface area contributed by atoms with Crippen molar-refractivity contribution in [3.63, 3.8) is 0 Å². The Morgan fingerprint density at radius 2 is 2.22 bits per heavy atom. The fourth-order valence-electron chi connectivity index (χ4n) is 1.64. The zero-order chi connectivity index (χ0) is 13.5. The maximum absolute atomic E-state index is 12.8. The molecule has 3 nitrogen and oxygen atoms in total. The van der Waals surface area contributed by atoms with E-state index in [4.69, 9.17) is 11.6 Å². The van der Waals surface area contributed by atoms with Gasteiger partial charge in [-0.05, 0) is 31.5 Å². The molecule has 1 amide bonds. The molecule has 2 N–H and O–H groups in total. The number of amides is 1. The maximum Gasteiger partial charge on any atom is 0.239 e. The summed E-state index contributed by atoms with van der Waals surface area (Å²) in [6.45, 7) is 4.16. The fourth-order valence-corrected chi connectivity index (χ4v) is 1.87. The number of benzene rings is 1. The lowest BCUT2D eigenvalue weighted by atomic mass is 10.2. The first-order valence-corrected chi connectivity index (χ1v) is 6.39. The molecule has 1 atom stereocenters. The van der Waals surface area contributed by atoms with Crippen molar-refractivity contribution in [2.24, 2.45) is 0 Å². The highest BCUT2D eigenvalue weighted by atomic mass is 35.5. The van der Waals surface area contributed by atoms with Crippen molar-refractivity contribution in [2.75, 3.05) is 11.9 Å². The molecule has 0 fully saturated rings. The first-order valence-electron chi connectivity index (χ1n) is 6.01. The molecule has 0 spiro atoms. The minimum absolute atomic E-state index is 0.101. The lowest BCUT2D eigenvalue weighted by molar-refractivity contribution is -0.120.